The predicted molar refractivity (Wildman–Crippen MR) is 126 cm³/mol. The van der Waals surface area contributed by atoms with Gasteiger partial charge in [0.1, 0.15) is 6.54 Å². The number of amides is 1. The summed E-state index contributed by atoms with van der Waals surface area (Å²) in [6.07, 6.45) is 1.58. The highest BCUT2D eigenvalue weighted by Gasteiger charge is 2.18. The van der Waals surface area contributed by atoms with Gasteiger partial charge in [0, 0.05) is 23.3 Å². The molecular formula is C24H19ClN6O3. The van der Waals surface area contributed by atoms with Crippen molar-refractivity contribution in [2.75, 3.05) is 0 Å². The maximum Gasteiger partial charge on any atom is 0.350 e. The number of nitrogens with zero attached hydrogens (tertiary/aromatic N) is 5. The highest BCUT2D eigenvalue weighted by atomic mass is 35.5. The molecule has 34 heavy (non-hydrogen) atoms. The Kier molecular flexibility index (Phi) is 5.69. The molecule has 1 N–H and O–H groups in total. The fourth-order valence-electron chi connectivity index (χ4n) is 3.54. The van der Waals surface area contributed by atoms with Gasteiger partial charge < -0.3 is 9.84 Å². The van der Waals surface area contributed by atoms with E-state index in [4.69, 9.17) is 16.1 Å². The van der Waals surface area contributed by atoms with Gasteiger partial charge in [0.05, 0.1) is 5.56 Å². The standard InChI is InChI=1S/C24H19ClN6O3/c1-15-4-2-5-17(12-15)21-27-23(34-29-21)19-6-3-11-30-22(19)28-31(24(30)33)14-20(32)26-13-16-7-9-18(25)10-8-16/h2-12H,13-14H2,1H3,(H,26,32). The number of benzene rings is 2. The van der Waals surface area contributed by atoms with Crippen LogP contribution < -0.4 is 11.0 Å². The van der Waals surface area contributed by atoms with Crippen molar-refractivity contribution in [3.63, 3.8) is 0 Å². The number of pyridine rings is 1. The van der Waals surface area contributed by atoms with Crippen molar-refractivity contribution in [1.29, 1.82) is 0 Å². The van der Waals surface area contributed by atoms with Crippen molar-refractivity contribution in [3.05, 3.63) is 93.5 Å². The number of aromatic nitrogens is 5. The second-order valence-electron chi connectivity index (χ2n) is 7.75. The number of fused-ring (bicyclic) bond motifs is 1. The van der Waals surface area contributed by atoms with E-state index in [0.29, 0.717) is 28.6 Å². The van der Waals surface area contributed by atoms with Crippen LogP contribution in [0, 0.1) is 6.92 Å². The van der Waals surface area contributed by atoms with Crippen LogP contribution in [0.3, 0.4) is 0 Å². The molecule has 2 aromatic carbocycles. The zero-order chi connectivity index (χ0) is 23.7. The molecule has 0 spiro atoms. The molecule has 0 saturated carbocycles. The van der Waals surface area contributed by atoms with Gasteiger partial charge in [-0.3, -0.25) is 4.79 Å². The lowest BCUT2D eigenvalue weighted by Crippen LogP contribution is -2.32. The third-order valence-corrected chi connectivity index (χ3v) is 5.49. The Morgan fingerprint density at radius 3 is 2.74 bits per heavy atom. The summed E-state index contributed by atoms with van der Waals surface area (Å²) in [6, 6.07) is 18.3. The van der Waals surface area contributed by atoms with E-state index in [1.165, 1.54) is 4.40 Å². The van der Waals surface area contributed by atoms with E-state index in [-0.39, 0.29) is 18.3 Å². The van der Waals surface area contributed by atoms with Crippen LogP contribution in [0.1, 0.15) is 11.1 Å². The summed E-state index contributed by atoms with van der Waals surface area (Å²) >= 11 is 5.88. The first kappa shape index (κ1) is 21.6. The monoisotopic (exact) mass is 474 g/mol. The molecule has 1 amide bonds. The van der Waals surface area contributed by atoms with Crippen molar-refractivity contribution in [2.45, 2.75) is 20.0 Å². The molecule has 3 heterocycles. The van der Waals surface area contributed by atoms with E-state index in [1.807, 2.05) is 43.3 Å². The van der Waals surface area contributed by atoms with E-state index in [2.05, 4.69) is 20.6 Å². The fourth-order valence-corrected chi connectivity index (χ4v) is 3.66. The van der Waals surface area contributed by atoms with Crippen molar-refractivity contribution in [3.8, 4) is 22.8 Å². The first-order chi connectivity index (χ1) is 16.5. The average Bonchev–Trinajstić information content (AvgIpc) is 3.44. The molecule has 5 aromatic rings. The van der Waals surface area contributed by atoms with Crippen molar-refractivity contribution < 1.29 is 9.32 Å². The number of aryl methyl sites for hydroxylation is 1. The molecule has 0 radical (unpaired) electrons. The van der Waals surface area contributed by atoms with Gasteiger partial charge in [-0.25, -0.2) is 13.9 Å². The molecule has 0 unspecified atom stereocenters. The molecule has 0 bridgehead atoms. The number of nitrogens with one attached hydrogen (secondary N) is 1. The number of carbonyl (C=O) groups excluding carboxylic acids is 1. The van der Waals surface area contributed by atoms with Crippen LogP contribution in [0.2, 0.25) is 5.02 Å². The van der Waals surface area contributed by atoms with Crippen molar-refractivity contribution >= 4 is 23.2 Å². The highest BCUT2D eigenvalue weighted by molar-refractivity contribution is 6.30. The molecule has 0 atom stereocenters. The lowest BCUT2D eigenvalue weighted by Gasteiger charge is -2.05. The van der Waals surface area contributed by atoms with Crippen LogP contribution in [0.5, 0.6) is 0 Å². The molecule has 170 valence electrons. The number of carbonyl (C=O) groups is 1. The Bertz CT molecular complexity index is 1550. The van der Waals surface area contributed by atoms with Gasteiger partial charge in [0.25, 0.3) is 5.89 Å². The van der Waals surface area contributed by atoms with Crippen molar-refractivity contribution in [2.24, 2.45) is 0 Å². The van der Waals surface area contributed by atoms with E-state index in [9.17, 15) is 9.59 Å². The van der Waals surface area contributed by atoms with Crippen molar-refractivity contribution in [1.82, 2.24) is 29.6 Å². The summed E-state index contributed by atoms with van der Waals surface area (Å²) in [4.78, 5) is 29.7. The molecule has 0 aliphatic heterocycles. The minimum absolute atomic E-state index is 0.228. The summed E-state index contributed by atoms with van der Waals surface area (Å²) in [5.74, 6) is 0.317. The number of halogens is 1. The van der Waals surface area contributed by atoms with Gasteiger partial charge in [-0.05, 0) is 42.8 Å². The fraction of sp³-hybridized carbons (Fsp3) is 0.125. The first-order valence-electron chi connectivity index (χ1n) is 10.5. The van der Waals surface area contributed by atoms with E-state index < -0.39 is 5.69 Å². The zero-order valence-electron chi connectivity index (χ0n) is 18.1. The van der Waals surface area contributed by atoms with Gasteiger partial charge >= 0.3 is 5.69 Å². The van der Waals surface area contributed by atoms with Crippen LogP contribution in [0.25, 0.3) is 28.5 Å². The predicted octanol–water partition coefficient (Wildman–Crippen LogP) is 3.49. The number of rotatable bonds is 6. The summed E-state index contributed by atoms with van der Waals surface area (Å²) in [7, 11) is 0. The Balaban J connectivity index is 1.39. The normalized spacial score (nSPS) is 11.1. The number of hydrogen-bond donors (Lipinski definition) is 1. The third kappa shape index (κ3) is 4.33. The third-order valence-electron chi connectivity index (χ3n) is 5.24. The SMILES string of the molecule is Cc1cccc(-c2noc(-c3cccn4c(=O)n(CC(=O)NCc5ccc(Cl)cc5)nc34)n2)c1. The second kappa shape index (κ2) is 8.95. The molecule has 9 nitrogen and oxygen atoms in total. The molecule has 0 aliphatic carbocycles. The highest BCUT2D eigenvalue weighted by Crippen LogP contribution is 2.24. The van der Waals surface area contributed by atoms with Crippen LogP contribution in [-0.2, 0) is 17.9 Å². The van der Waals surface area contributed by atoms with Crippen LogP contribution in [0.15, 0.2) is 76.2 Å². The molecule has 0 aliphatic rings. The molecule has 0 fully saturated rings. The molecular weight excluding hydrogens is 456 g/mol. The van der Waals surface area contributed by atoms with Gasteiger partial charge in [0.2, 0.25) is 11.7 Å². The van der Waals surface area contributed by atoms with Gasteiger partial charge in [-0.1, -0.05) is 52.7 Å². The maximum absolute atomic E-state index is 12.8. The lowest BCUT2D eigenvalue weighted by molar-refractivity contribution is -0.122. The quantitative estimate of drug-likeness (QED) is 0.403. The largest absolute Gasteiger partial charge is 0.350 e. The van der Waals surface area contributed by atoms with E-state index >= 15 is 0 Å². The maximum atomic E-state index is 12.8. The average molecular weight is 475 g/mol. The van der Waals surface area contributed by atoms with Gasteiger partial charge in [-0.15, -0.1) is 5.10 Å². The van der Waals surface area contributed by atoms with Gasteiger partial charge in [0.15, 0.2) is 5.65 Å². The smallest absolute Gasteiger partial charge is 0.350 e. The Labute approximate surface area is 198 Å². The summed E-state index contributed by atoms with van der Waals surface area (Å²) in [5.41, 5.74) is 3.15. The van der Waals surface area contributed by atoms with Gasteiger partial charge in [-0.2, -0.15) is 4.98 Å². The summed E-state index contributed by atoms with van der Waals surface area (Å²) in [6.45, 7) is 2.06. The molecule has 5 rings (SSSR count). The molecule has 3 aromatic heterocycles. The second-order valence-corrected chi connectivity index (χ2v) is 8.19. The molecule has 0 saturated heterocycles. The topological polar surface area (TPSA) is 107 Å². The Hall–Kier alpha value is -4.24. The lowest BCUT2D eigenvalue weighted by atomic mass is 10.1. The first-order valence-corrected chi connectivity index (χ1v) is 10.9. The van der Waals surface area contributed by atoms with Crippen LogP contribution >= 0.6 is 11.6 Å². The van der Waals surface area contributed by atoms with Crippen LogP contribution in [0.4, 0.5) is 0 Å². The summed E-state index contributed by atoms with van der Waals surface area (Å²) in [5, 5.41) is 11.8. The van der Waals surface area contributed by atoms with E-state index in [1.54, 1.807) is 30.5 Å². The Morgan fingerprint density at radius 1 is 1.12 bits per heavy atom. The summed E-state index contributed by atoms with van der Waals surface area (Å²) < 4.78 is 7.92. The van der Waals surface area contributed by atoms with Crippen LogP contribution in [-0.4, -0.2) is 30.2 Å². The van der Waals surface area contributed by atoms with E-state index in [0.717, 1.165) is 21.4 Å². The minimum Gasteiger partial charge on any atom is -0.350 e. The minimum atomic E-state index is -0.447. The Morgan fingerprint density at radius 2 is 1.94 bits per heavy atom. The zero-order valence-corrected chi connectivity index (χ0v) is 18.9. The number of hydrogen-bond acceptors (Lipinski definition) is 6. The molecule has 10 heteroatoms.